The van der Waals surface area contributed by atoms with Gasteiger partial charge in [-0.3, -0.25) is 0 Å². The Balaban J connectivity index is 2.48. The van der Waals surface area contributed by atoms with Gasteiger partial charge in [-0.15, -0.1) is 0 Å². The molecule has 0 unspecified atom stereocenters. The lowest BCUT2D eigenvalue weighted by molar-refractivity contribution is 0.714. The third-order valence-electron chi connectivity index (χ3n) is 3.27. The summed E-state index contributed by atoms with van der Waals surface area (Å²) in [5.41, 5.74) is 6.01. The lowest BCUT2D eigenvalue weighted by atomic mass is 9.86. The molecule has 15 heavy (non-hydrogen) atoms. The van der Waals surface area contributed by atoms with E-state index < -0.39 is 0 Å². The van der Waals surface area contributed by atoms with Gasteiger partial charge >= 0.3 is 0 Å². The van der Waals surface area contributed by atoms with Crippen LogP contribution in [0.3, 0.4) is 0 Å². The average molecular weight is 265 g/mol. The molecule has 1 aromatic carbocycles. The predicted octanol–water partition coefficient (Wildman–Crippen LogP) is 5.11. The maximum absolute atomic E-state index is 3.56. The van der Waals surface area contributed by atoms with E-state index in [4.69, 9.17) is 0 Å². The van der Waals surface area contributed by atoms with Crippen LogP contribution in [0.4, 0.5) is 0 Å². The maximum Gasteiger partial charge on any atom is 0.0181 e. The molecule has 0 radical (unpaired) electrons. The normalized spacial score (nSPS) is 17.0. The SMILES string of the molecule is CC1=C(c2cc(Br)ccc2C)CCCC1. The van der Waals surface area contributed by atoms with E-state index in [1.807, 2.05) is 0 Å². The van der Waals surface area contributed by atoms with E-state index in [0.717, 1.165) is 0 Å². The van der Waals surface area contributed by atoms with Crippen LogP contribution in [0.1, 0.15) is 43.7 Å². The molecule has 0 fully saturated rings. The smallest absolute Gasteiger partial charge is 0.0181 e. The van der Waals surface area contributed by atoms with Crippen molar-refractivity contribution in [1.82, 2.24) is 0 Å². The molecule has 0 spiro atoms. The third-order valence-corrected chi connectivity index (χ3v) is 3.76. The zero-order chi connectivity index (χ0) is 10.8. The Morgan fingerprint density at radius 2 is 1.80 bits per heavy atom. The van der Waals surface area contributed by atoms with Crippen LogP contribution in [-0.2, 0) is 0 Å². The first-order valence-corrected chi connectivity index (χ1v) is 6.43. The van der Waals surface area contributed by atoms with E-state index in [-0.39, 0.29) is 0 Å². The largest absolute Gasteiger partial charge is 0.0695 e. The van der Waals surface area contributed by atoms with Crippen molar-refractivity contribution in [1.29, 1.82) is 0 Å². The molecule has 0 bridgehead atoms. The quantitative estimate of drug-likeness (QED) is 0.662. The van der Waals surface area contributed by atoms with Gasteiger partial charge in [-0.1, -0.05) is 27.6 Å². The van der Waals surface area contributed by atoms with E-state index in [1.54, 1.807) is 11.1 Å². The van der Waals surface area contributed by atoms with Crippen molar-refractivity contribution in [2.75, 3.05) is 0 Å². The molecule has 0 nitrogen and oxygen atoms in total. The number of hydrogen-bond donors (Lipinski definition) is 0. The molecule has 0 saturated heterocycles. The molecule has 1 heteroatoms. The fourth-order valence-electron chi connectivity index (χ4n) is 2.34. The number of benzene rings is 1. The van der Waals surface area contributed by atoms with Gasteiger partial charge in [-0.25, -0.2) is 0 Å². The molecule has 1 aromatic rings. The summed E-state index contributed by atoms with van der Waals surface area (Å²) in [4.78, 5) is 0. The highest BCUT2D eigenvalue weighted by Gasteiger charge is 2.12. The Bertz CT molecular complexity index is 402. The van der Waals surface area contributed by atoms with Gasteiger partial charge in [-0.2, -0.15) is 0 Å². The van der Waals surface area contributed by atoms with Gasteiger partial charge in [0.05, 0.1) is 0 Å². The summed E-state index contributed by atoms with van der Waals surface area (Å²) >= 11 is 3.56. The summed E-state index contributed by atoms with van der Waals surface area (Å²) in [5, 5.41) is 0. The lowest BCUT2D eigenvalue weighted by Gasteiger charge is -2.19. The predicted molar refractivity (Wildman–Crippen MR) is 69.9 cm³/mol. The van der Waals surface area contributed by atoms with Crippen molar-refractivity contribution >= 4 is 21.5 Å². The van der Waals surface area contributed by atoms with Crippen LogP contribution >= 0.6 is 15.9 Å². The van der Waals surface area contributed by atoms with Crippen molar-refractivity contribution < 1.29 is 0 Å². The summed E-state index contributed by atoms with van der Waals surface area (Å²) in [5.74, 6) is 0. The number of rotatable bonds is 1. The van der Waals surface area contributed by atoms with E-state index in [9.17, 15) is 0 Å². The summed E-state index contributed by atoms with van der Waals surface area (Å²) in [6, 6.07) is 6.59. The van der Waals surface area contributed by atoms with E-state index in [2.05, 4.69) is 48.0 Å². The Labute approximate surface area is 101 Å². The molecule has 1 aliphatic carbocycles. The monoisotopic (exact) mass is 264 g/mol. The van der Waals surface area contributed by atoms with Crippen LogP contribution in [0.2, 0.25) is 0 Å². The summed E-state index contributed by atoms with van der Waals surface area (Å²) < 4.78 is 1.19. The van der Waals surface area contributed by atoms with E-state index in [1.165, 1.54) is 41.3 Å². The second-order valence-corrected chi connectivity index (χ2v) is 5.34. The highest BCUT2D eigenvalue weighted by molar-refractivity contribution is 9.10. The summed E-state index contributed by atoms with van der Waals surface area (Å²) in [6.07, 6.45) is 5.24. The molecular weight excluding hydrogens is 248 g/mol. The number of aryl methyl sites for hydroxylation is 1. The van der Waals surface area contributed by atoms with Gasteiger partial charge in [0.1, 0.15) is 0 Å². The zero-order valence-electron chi connectivity index (χ0n) is 9.44. The van der Waals surface area contributed by atoms with Crippen LogP contribution < -0.4 is 0 Å². The minimum atomic E-state index is 1.19. The average Bonchev–Trinajstić information content (AvgIpc) is 2.23. The van der Waals surface area contributed by atoms with Gasteiger partial charge in [0.15, 0.2) is 0 Å². The fourth-order valence-corrected chi connectivity index (χ4v) is 2.70. The molecule has 2 rings (SSSR count). The minimum Gasteiger partial charge on any atom is -0.0695 e. The van der Waals surface area contributed by atoms with Gasteiger partial charge in [0.2, 0.25) is 0 Å². The molecule has 0 aromatic heterocycles. The Kier molecular flexibility index (Phi) is 3.30. The first-order valence-electron chi connectivity index (χ1n) is 5.63. The Morgan fingerprint density at radius 1 is 1.07 bits per heavy atom. The number of hydrogen-bond acceptors (Lipinski definition) is 0. The van der Waals surface area contributed by atoms with Crippen molar-refractivity contribution in [3.63, 3.8) is 0 Å². The van der Waals surface area contributed by atoms with Crippen LogP contribution in [-0.4, -0.2) is 0 Å². The molecule has 0 heterocycles. The Hall–Kier alpha value is -0.560. The molecule has 0 aliphatic heterocycles. The first kappa shape index (κ1) is 10.9. The first-order chi connectivity index (χ1) is 7.18. The van der Waals surface area contributed by atoms with Crippen LogP contribution in [0.15, 0.2) is 28.2 Å². The van der Waals surface area contributed by atoms with Crippen LogP contribution in [0.25, 0.3) is 5.57 Å². The van der Waals surface area contributed by atoms with Crippen LogP contribution in [0, 0.1) is 6.92 Å². The van der Waals surface area contributed by atoms with Crippen LogP contribution in [0.5, 0.6) is 0 Å². The highest BCUT2D eigenvalue weighted by Crippen LogP contribution is 2.34. The molecule has 0 saturated carbocycles. The van der Waals surface area contributed by atoms with Crippen molar-refractivity contribution in [3.05, 3.63) is 39.4 Å². The molecule has 0 N–H and O–H groups in total. The zero-order valence-corrected chi connectivity index (χ0v) is 11.0. The molecular formula is C14H17Br. The topological polar surface area (TPSA) is 0 Å². The second-order valence-electron chi connectivity index (χ2n) is 4.43. The number of halogens is 1. The standard InChI is InChI=1S/C14H17Br/c1-10-5-3-4-6-13(10)14-9-12(15)8-7-11(14)2/h7-9H,3-6H2,1-2H3. The third kappa shape index (κ3) is 2.34. The second kappa shape index (κ2) is 4.52. The fraction of sp³-hybridized carbons (Fsp3) is 0.429. The van der Waals surface area contributed by atoms with Gasteiger partial charge < -0.3 is 0 Å². The highest BCUT2D eigenvalue weighted by atomic mass is 79.9. The minimum absolute atomic E-state index is 1.19. The Morgan fingerprint density at radius 3 is 2.53 bits per heavy atom. The van der Waals surface area contributed by atoms with Gasteiger partial charge in [-0.05, 0) is 68.4 Å². The van der Waals surface area contributed by atoms with Gasteiger partial charge in [0, 0.05) is 4.47 Å². The summed E-state index contributed by atoms with van der Waals surface area (Å²) in [7, 11) is 0. The molecule has 0 atom stereocenters. The maximum atomic E-state index is 3.56. The van der Waals surface area contributed by atoms with E-state index >= 15 is 0 Å². The van der Waals surface area contributed by atoms with Crippen molar-refractivity contribution in [3.8, 4) is 0 Å². The molecule has 80 valence electrons. The molecule has 1 aliphatic rings. The summed E-state index contributed by atoms with van der Waals surface area (Å²) in [6.45, 7) is 4.49. The van der Waals surface area contributed by atoms with E-state index in [0.29, 0.717) is 0 Å². The van der Waals surface area contributed by atoms with Crippen molar-refractivity contribution in [2.45, 2.75) is 39.5 Å². The lowest BCUT2D eigenvalue weighted by Crippen LogP contribution is -1.98. The van der Waals surface area contributed by atoms with Crippen molar-refractivity contribution in [2.24, 2.45) is 0 Å². The number of allylic oxidation sites excluding steroid dienone is 2. The van der Waals surface area contributed by atoms with Gasteiger partial charge in [0.25, 0.3) is 0 Å². The molecule has 0 amide bonds.